The summed E-state index contributed by atoms with van der Waals surface area (Å²) < 4.78 is 5.21. The number of nitrogens with zero attached hydrogens (tertiary/aromatic N) is 2. The topological polar surface area (TPSA) is 96.1 Å². The number of hydrogen-bond acceptors (Lipinski definition) is 5. The minimum Gasteiger partial charge on any atom is -0.384 e. The number of methoxy groups -OCH3 is 1. The summed E-state index contributed by atoms with van der Waals surface area (Å²) in [6, 6.07) is 10.2. The van der Waals surface area contributed by atoms with Gasteiger partial charge in [-0.1, -0.05) is 49.7 Å². The molecule has 2 amide bonds. The molecule has 0 aliphatic carbocycles. The summed E-state index contributed by atoms with van der Waals surface area (Å²) in [5.74, 6) is -1.14. The predicted octanol–water partition coefficient (Wildman–Crippen LogP) is 2.97. The van der Waals surface area contributed by atoms with E-state index >= 15 is 0 Å². The Bertz CT molecular complexity index is 1010. The molecule has 2 aromatic rings. The second kappa shape index (κ2) is 11.3. The van der Waals surface area contributed by atoms with E-state index in [0.29, 0.717) is 37.4 Å². The molecule has 3 rings (SSSR count). The number of primary amides is 1. The first-order valence-electron chi connectivity index (χ1n) is 10.8. The second-order valence-corrected chi connectivity index (χ2v) is 8.22. The molecule has 1 unspecified atom stereocenters. The standard InChI is InChI=1S/C24H30ClN3O4.ClH/c1-4-27(5-2)11-12-28-20-15-17(22(26)29)14-19(25)21(20)24(31,23(28)30)18-9-7-6-8-16(18)10-13-32-3;/h6-9,14-15,31H,4-5,10-13H2,1-3H3,(H2,26,29);1H. The van der Waals surface area contributed by atoms with Gasteiger partial charge in [0.1, 0.15) is 0 Å². The van der Waals surface area contributed by atoms with E-state index in [9.17, 15) is 14.7 Å². The molecule has 1 aliphatic heterocycles. The molecule has 1 atom stereocenters. The molecule has 0 spiro atoms. The van der Waals surface area contributed by atoms with Crippen LogP contribution in [0.5, 0.6) is 0 Å². The molecule has 180 valence electrons. The van der Waals surface area contributed by atoms with Crippen molar-refractivity contribution in [2.45, 2.75) is 25.9 Å². The number of rotatable bonds is 10. The molecule has 9 heteroatoms. The third-order valence-corrected chi connectivity index (χ3v) is 6.38. The van der Waals surface area contributed by atoms with Crippen molar-refractivity contribution < 1.29 is 19.4 Å². The molecule has 0 saturated heterocycles. The van der Waals surface area contributed by atoms with Gasteiger partial charge in [0.05, 0.1) is 17.3 Å². The summed E-state index contributed by atoms with van der Waals surface area (Å²) in [5.41, 5.74) is 5.64. The van der Waals surface area contributed by atoms with Crippen LogP contribution in [-0.4, -0.2) is 61.7 Å². The summed E-state index contributed by atoms with van der Waals surface area (Å²) in [7, 11) is 1.60. The number of benzene rings is 2. The van der Waals surface area contributed by atoms with Crippen LogP contribution in [0.2, 0.25) is 5.02 Å². The first-order chi connectivity index (χ1) is 15.3. The molecule has 0 radical (unpaired) electrons. The third kappa shape index (κ3) is 5.03. The number of ether oxygens (including phenoxy) is 1. The van der Waals surface area contributed by atoms with Gasteiger partial charge in [-0.05, 0) is 37.2 Å². The van der Waals surface area contributed by atoms with Crippen molar-refractivity contribution in [1.29, 1.82) is 0 Å². The zero-order valence-electron chi connectivity index (χ0n) is 19.1. The highest BCUT2D eigenvalue weighted by molar-refractivity contribution is 6.33. The van der Waals surface area contributed by atoms with Crippen LogP contribution in [0.3, 0.4) is 0 Å². The van der Waals surface area contributed by atoms with Crippen molar-refractivity contribution in [2.24, 2.45) is 5.73 Å². The minimum atomic E-state index is -1.98. The van der Waals surface area contributed by atoms with E-state index < -0.39 is 17.4 Å². The first kappa shape index (κ1) is 27.1. The Hall–Kier alpha value is -2.16. The van der Waals surface area contributed by atoms with Gasteiger partial charge in [0.25, 0.3) is 5.91 Å². The zero-order chi connectivity index (χ0) is 23.5. The van der Waals surface area contributed by atoms with Gasteiger partial charge in [-0.25, -0.2) is 0 Å². The van der Waals surface area contributed by atoms with Gasteiger partial charge < -0.3 is 25.4 Å². The number of likely N-dealkylation sites (N-methyl/N-ethyl adjacent to an activating group) is 1. The minimum absolute atomic E-state index is 0. The summed E-state index contributed by atoms with van der Waals surface area (Å²) in [4.78, 5) is 29.4. The molecule has 0 fully saturated rings. The Kier molecular flexibility index (Phi) is 9.29. The van der Waals surface area contributed by atoms with E-state index in [1.807, 2.05) is 26.0 Å². The maximum atomic E-state index is 13.8. The smallest absolute Gasteiger partial charge is 0.268 e. The van der Waals surface area contributed by atoms with E-state index in [1.54, 1.807) is 25.3 Å². The zero-order valence-corrected chi connectivity index (χ0v) is 20.7. The van der Waals surface area contributed by atoms with Gasteiger partial charge in [0.2, 0.25) is 5.91 Å². The lowest BCUT2D eigenvalue weighted by molar-refractivity contribution is -0.132. The van der Waals surface area contributed by atoms with Gasteiger partial charge in [-0.2, -0.15) is 0 Å². The predicted molar refractivity (Wildman–Crippen MR) is 132 cm³/mol. The van der Waals surface area contributed by atoms with Gasteiger partial charge in [-0.3, -0.25) is 9.59 Å². The van der Waals surface area contributed by atoms with Gasteiger partial charge in [0, 0.05) is 36.9 Å². The molecule has 1 aliphatic rings. The Morgan fingerprint density at radius 3 is 2.52 bits per heavy atom. The molecular weight excluding hydrogens is 465 g/mol. The lowest BCUT2D eigenvalue weighted by Gasteiger charge is -2.27. The molecule has 33 heavy (non-hydrogen) atoms. The van der Waals surface area contributed by atoms with Crippen LogP contribution in [0, 0.1) is 0 Å². The van der Waals surface area contributed by atoms with Gasteiger partial charge >= 0.3 is 0 Å². The van der Waals surface area contributed by atoms with Gasteiger partial charge in [-0.15, -0.1) is 12.4 Å². The number of amides is 2. The number of nitrogens with two attached hydrogens (primary N) is 1. The van der Waals surface area contributed by atoms with Gasteiger partial charge in [0.15, 0.2) is 5.60 Å². The van der Waals surface area contributed by atoms with Crippen LogP contribution in [0.15, 0.2) is 36.4 Å². The van der Waals surface area contributed by atoms with E-state index in [4.69, 9.17) is 22.1 Å². The van der Waals surface area contributed by atoms with E-state index in [1.165, 1.54) is 11.0 Å². The highest BCUT2D eigenvalue weighted by Gasteiger charge is 2.53. The Morgan fingerprint density at radius 1 is 1.24 bits per heavy atom. The van der Waals surface area contributed by atoms with E-state index in [-0.39, 0.29) is 28.6 Å². The normalized spacial score (nSPS) is 17.3. The molecule has 0 saturated carbocycles. The number of anilines is 1. The fourth-order valence-electron chi connectivity index (χ4n) is 4.27. The van der Waals surface area contributed by atoms with Crippen LogP contribution in [-0.2, 0) is 21.6 Å². The molecule has 7 nitrogen and oxygen atoms in total. The van der Waals surface area contributed by atoms with E-state index in [2.05, 4.69) is 4.90 Å². The fourth-order valence-corrected chi connectivity index (χ4v) is 4.62. The van der Waals surface area contributed by atoms with Crippen LogP contribution >= 0.6 is 24.0 Å². The maximum Gasteiger partial charge on any atom is 0.268 e. The molecule has 2 aromatic carbocycles. The lowest BCUT2D eigenvalue weighted by Crippen LogP contribution is -2.44. The van der Waals surface area contributed by atoms with Crippen molar-refractivity contribution in [3.8, 4) is 0 Å². The first-order valence-corrected chi connectivity index (χ1v) is 11.1. The second-order valence-electron chi connectivity index (χ2n) is 7.81. The van der Waals surface area contributed by atoms with Crippen molar-refractivity contribution in [1.82, 2.24) is 4.90 Å². The summed E-state index contributed by atoms with van der Waals surface area (Å²) in [6.07, 6.45) is 0.522. The van der Waals surface area contributed by atoms with Crippen molar-refractivity contribution >= 4 is 41.5 Å². The number of carbonyl (C=O) groups excluding carboxylic acids is 2. The van der Waals surface area contributed by atoms with E-state index in [0.717, 1.165) is 18.7 Å². The largest absolute Gasteiger partial charge is 0.384 e. The van der Waals surface area contributed by atoms with Crippen molar-refractivity contribution in [3.05, 3.63) is 63.7 Å². The van der Waals surface area contributed by atoms with Crippen LogP contribution in [0.1, 0.15) is 40.9 Å². The van der Waals surface area contributed by atoms with Crippen molar-refractivity contribution in [2.75, 3.05) is 44.8 Å². The van der Waals surface area contributed by atoms with Crippen LogP contribution in [0.4, 0.5) is 5.69 Å². The molecule has 1 heterocycles. The van der Waals surface area contributed by atoms with Crippen LogP contribution < -0.4 is 10.6 Å². The number of hydrogen-bond donors (Lipinski definition) is 2. The maximum absolute atomic E-state index is 13.8. The summed E-state index contributed by atoms with van der Waals surface area (Å²) in [6.45, 7) is 7.15. The van der Waals surface area contributed by atoms with Crippen LogP contribution in [0.25, 0.3) is 0 Å². The Balaban J connectivity index is 0.00000385. The Morgan fingerprint density at radius 2 is 1.91 bits per heavy atom. The highest BCUT2D eigenvalue weighted by atomic mass is 35.5. The molecule has 0 aromatic heterocycles. The number of aliphatic hydroxyl groups is 1. The average Bonchev–Trinajstić information content (AvgIpc) is 3.01. The lowest BCUT2D eigenvalue weighted by atomic mass is 9.83. The SMILES string of the molecule is CCN(CC)CCN1C(=O)C(O)(c2ccccc2CCOC)c2c(Cl)cc(C(N)=O)cc21.Cl. The number of fused-ring (bicyclic) bond motifs is 1. The summed E-state index contributed by atoms with van der Waals surface area (Å²) >= 11 is 6.58. The Labute approximate surface area is 205 Å². The third-order valence-electron chi connectivity index (χ3n) is 6.08. The molecule has 3 N–H and O–H groups in total. The fraction of sp³-hybridized carbons (Fsp3) is 0.417. The highest BCUT2D eigenvalue weighted by Crippen LogP contribution is 2.49. The monoisotopic (exact) mass is 495 g/mol. The van der Waals surface area contributed by atoms with Crippen molar-refractivity contribution in [3.63, 3.8) is 0 Å². The molecular formula is C24H31Cl2N3O4. The number of halogens is 2. The number of carbonyl (C=O) groups is 2. The summed E-state index contributed by atoms with van der Waals surface area (Å²) in [5, 5.41) is 12.1. The quantitative estimate of drug-likeness (QED) is 0.528. The molecule has 0 bridgehead atoms. The average molecular weight is 496 g/mol.